The third kappa shape index (κ3) is 4.27. The molecule has 0 aromatic carbocycles. The minimum absolute atomic E-state index is 0.0933. The molecule has 1 aromatic rings. The Balaban J connectivity index is 1.69. The highest BCUT2D eigenvalue weighted by Gasteiger charge is 2.29. The number of fused-ring (bicyclic) bond motifs is 1. The second kappa shape index (κ2) is 8.50. The summed E-state index contributed by atoms with van der Waals surface area (Å²) in [5.74, 6) is 0.495. The maximum atomic E-state index is 12.5. The summed E-state index contributed by atoms with van der Waals surface area (Å²) in [6.07, 6.45) is 4.71. The predicted octanol–water partition coefficient (Wildman–Crippen LogP) is 2.30. The van der Waals surface area contributed by atoms with E-state index in [1.807, 2.05) is 0 Å². The van der Waals surface area contributed by atoms with Gasteiger partial charge in [-0.25, -0.2) is 4.79 Å². The van der Waals surface area contributed by atoms with Gasteiger partial charge >= 0.3 is 5.97 Å². The number of ether oxygens (including phenoxy) is 1. The van der Waals surface area contributed by atoms with Crippen molar-refractivity contribution in [2.45, 2.75) is 39.0 Å². The van der Waals surface area contributed by atoms with Crippen molar-refractivity contribution in [3.63, 3.8) is 0 Å². The largest absolute Gasteiger partial charge is 0.465 e. The Morgan fingerprint density at radius 1 is 1.31 bits per heavy atom. The van der Waals surface area contributed by atoms with Gasteiger partial charge in [-0.3, -0.25) is 9.69 Å². The molecule has 1 aliphatic carbocycles. The topological polar surface area (TPSA) is 78.9 Å². The highest BCUT2D eigenvalue weighted by molar-refractivity contribution is 7.17. The molecule has 0 bridgehead atoms. The van der Waals surface area contributed by atoms with Crippen LogP contribution in [0.1, 0.15) is 47.0 Å². The first-order valence-corrected chi connectivity index (χ1v) is 10.2. The summed E-state index contributed by atoms with van der Waals surface area (Å²) in [7, 11) is 1.38. The van der Waals surface area contributed by atoms with E-state index in [2.05, 4.69) is 17.1 Å². The van der Waals surface area contributed by atoms with Gasteiger partial charge in [-0.05, 0) is 62.6 Å². The molecule has 1 unspecified atom stereocenters. The van der Waals surface area contributed by atoms with Gasteiger partial charge in [0.2, 0.25) is 5.91 Å². The summed E-state index contributed by atoms with van der Waals surface area (Å²) in [6, 6.07) is 0. The molecule has 26 heavy (non-hydrogen) atoms. The number of carbonyl (C=O) groups is 2. The lowest BCUT2D eigenvalue weighted by atomic mass is 9.88. The van der Waals surface area contributed by atoms with Crippen LogP contribution < -0.4 is 5.32 Å². The zero-order valence-electron chi connectivity index (χ0n) is 15.5. The number of aliphatic hydroxyl groups excluding tert-OH is 1. The summed E-state index contributed by atoms with van der Waals surface area (Å²) in [6.45, 7) is 4.40. The van der Waals surface area contributed by atoms with Crippen LogP contribution in [0.3, 0.4) is 0 Å². The lowest BCUT2D eigenvalue weighted by Crippen LogP contribution is -2.39. The Labute approximate surface area is 158 Å². The molecule has 1 fully saturated rings. The van der Waals surface area contributed by atoms with Gasteiger partial charge in [0.25, 0.3) is 0 Å². The second-order valence-corrected chi connectivity index (χ2v) is 8.60. The Morgan fingerprint density at radius 3 is 2.69 bits per heavy atom. The normalized spacial score (nSPS) is 21.3. The van der Waals surface area contributed by atoms with Crippen LogP contribution >= 0.6 is 11.3 Å². The van der Waals surface area contributed by atoms with Gasteiger partial charge in [0.15, 0.2) is 0 Å². The van der Waals surface area contributed by atoms with Gasteiger partial charge in [0, 0.05) is 11.5 Å². The lowest BCUT2D eigenvalue weighted by molar-refractivity contribution is -0.117. The zero-order chi connectivity index (χ0) is 18.7. The predicted molar refractivity (Wildman–Crippen MR) is 102 cm³/mol. The van der Waals surface area contributed by atoms with Gasteiger partial charge in [0.05, 0.1) is 19.2 Å². The number of aliphatic hydroxyl groups is 1. The number of anilines is 1. The number of thiophene rings is 1. The van der Waals surface area contributed by atoms with E-state index in [-0.39, 0.29) is 18.5 Å². The minimum Gasteiger partial charge on any atom is -0.465 e. The molecule has 144 valence electrons. The smallest absolute Gasteiger partial charge is 0.341 e. The first-order chi connectivity index (χ1) is 12.5. The molecule has 0 saturated carbocycles. The van der Waals surface area contributed by atoms with Crippen LogP contribution in [0.15, 0.2) is 0 Å². The standard InChI is InChI=1S/C19H28N2O4S/c1-12-3-4-14-15(9-12)26-18(17(14)19(24)25-2)20-16(23)10-21-7-5-13(11-22)6-8-21/h12-13,22H,3-11H2,1-2H3,(H,20,23). The van der Waals surface area contributed by atoms with Crippen molar-refractivity contribution in [1.82, 2.24) is 4.90 Å². The Kier molecular flexibility index (Phi) is 6.32. The molecule has 1 saturated heterocycles. The van der Waals surface area contributed by atoms with Crippen molar-refractivity contribution < 1.29 is 19.4 Å². The van der Waals surface area contributed by atoms with E-state index in [0.717, 1.165) is 50.8 Å². The van der Waals surface area contributed by atoms with Crippen LogP contribution in [-0.2, 0) is 22.4 Å². The van der Waals surface area contributed by atoms with Crippen molar-refractivity contribution in [2.75, 3.05) is 38.7 Å². The lowest BCUT2D eigenvalue weighted by Gasteiger charge is -2.30. The molecule has 6 nitrogen and oxygen atoms in total. The molecule has 3 rings (SSSR count). The van der Waals surface area contributed by atoms with E-state index in [1.165, 1.54) is 23.3 Å². The van der Waals surface area contributed by atoms with Gasteiger partial charge in [-0.2, -0.15) is 0 Å². The molecule has 1 amide bonds. The monoisotopic (exact) mass is 380 g/mol. The van der Waals surface area contributed by atoms with Crippen LogP contribution in [0, 0.1) is 11.8 Å². The summed E-state index contributed by atoms with van der Waals surface area (Å²) in [5.41, 5.74) is 1.60. The fourth-order valence-corrected chi connectivity index (χ4v) is 5.27. The molecule has 2 heterocycles. The van der Waals surface area contributed by atoms with E-state index < -0.39 is 0 Å². The number of nitrogens with one attached hydrogen (secondary N) is 1. The highest BCUT2D eigenvalue weighted by Crippen LogP contribution is 2.40. The summed E-state index contributed by atoms with van der Waals surface area (Å²) in [5, 5.41) is 12.8. The number of hydrogen-bond donors (Lipinski definition) is 2. The summed E-state index contributed by atoms with van der Waals surface area (Å²) < 4.78 is 4.97. The molecule has 1 atom stereocenters. The van der Waals surface area contributed by atoms with Crippen molar-refractivity contribution in [1.29, 1.82) is 0 Å². The van der Waals surface area contributed by atoms with Crippen molar-refractivity contribution in [3.05, 3.63) is 16.0 Å². The highest BCUT2D eigenvalue weighted by atomic mass is 32.1. The fourth-order valence-electron chi connectivity index (χ4n) is 3.85. The summed E-state index contributed by atoms with van der Waals surface area (Å²) in [4.78, 5) is 28.1. The zero-order valence-corrected chi connectivity index (χ0v) is 16.4. The van der Waals surface area contributed by atoms with E-state index in [4.69, 9.17) is 4.74 Å². The van der Waals surface area contributed by atoms with Gasteiger partial charge < -0.3 is 15.2 Å². The molecule has 7 heteroatoms. The maximum Gasteiger partial charge on any atom is 0.341 e. The number of esters is 1. The van der Waals surface area contributed by atoms with Gasteiger partial charge in [-0.15, -0.1) is 11.3 Å². The molecule has 0 radical (unpaired) electrons. The van der Waals surface area contributed by atoms with Crippen molar-refractivity contribution in [3.8, 4) is 0 Å². The number of likely N-dealkylation sites (tertiary alicyclic amines) is 1. The first kappa shape index (κ1) is 19.3. The molecular formula is C19H28N2O4S. The van der Waals surface area contributed by atoms with E-state index in [9.17, 15) is 14.7 Å². The number of nitrogens with zero attached hydrogens (tertiary/aromatic N) is 1. The van der Waals surface area contributed by atoms with E-state index in [0.29, 0.717) is 28.9 Å². The second-order valence-electron chi connectivity index (χ2n) is 7.50. The number of rotatable bonds is 5. The van der Waals surface area contributed by atoms with Gasteiger partial charge in [0.1, 0.15) is 5.00 Å². The van der Waals surface area contributed by atoms with Crippen LogP contribution in [0.5, 0.6) is 0 Å². The number of methoxy groups -OCH3 is 1. The fraction of sp³-hybridized carbons (Fsp3) is 0.684. The Hall–Kier alpha value is -1.44. The maximum absolute atomic E-state index is 12.5. The quantitative estimate of drug-likeness (QED) is 0.767. The number of amides is 1. The minimum atomic E-state index is -0.365. The van der Waals surface area contributed by atoms with Crippen molar-refractivity contribution >= 4 is 28.2 Å². The van der Waals surface area contributed by atoms with E-state index in [1.54, 1.807) is 0 Å². The molecule has 1 aromatic heterocycles. The molecule has 2 aliphatic rings. The molecular weight excluding hydrogens is 352 g/mol. The third-order valence-corrected chi connectivity index (χ3v) is 6.66. The van der Waals surface area contributed by atoms with Crippen molar-refractivity contribution in [2.24, 2.45) is 11.8 Å². The Morgan fingerprint density at radius 2 is 2.04 bits per heavy atom. The Bertz CT molecular complexity index is 665. The number of piperidine rings is 1. The number of carbonyl (C=O) groups excluding carboxylic acids is 2. The van der Waals surface area contributed by atoms with Crippen LogP contribution in [0.2, 0.25) is 0 Å². The molecule has 0 spiro atoms. The van der Waals surface area contributed by atoms with E-state index >= 15 is 0 Å². The average molecular weight is 381 g/mol. The third-order valence-electron chi connectivity index (χ3n) is 5.49. The van der Waals surface area contributed by atoms with Crippen LogP contribution in [0.4, 0.5) is 5.00 Å². The SMILES string of the molecule is COC(=O)c1c(NC(=O)CN2CCC(CO)CC2)sc2c1CCC(C)C2. The summed E-state index contributed by atoms with van der Waals surface area (Å²) >= 11 is 1.52. The molecule has 1 aliphatic heterocycles. The van der Waals surface area contributed by atoms with Gasteiger partial charge in [-0.1, -0.05) is 6.92 Å². The number of hydrogen-bond acceptors (Lipinski definition) is 6. The average Bonchev–Trinajstić information content (AvgIpc) is 2.98. The van der Waals surface area contributed by atoms with Crippen LogP contribution in [0.25, 0.3) is 0 Å². The first-order valence-electron chi connectivity index (χ1n) is 9.37. The van der Waals surface area contributed by atoms with Crippen LogP contribution in [-0.4, -0.2) is 55.2 Å². The molecule has 2 N–H and O–H groups in total.